The Morgan fingerprint density at radius 2 is 2.16 bits per heavy atom. The lowest BCUT2D eigenvalue weighted by atomic mass is 10.1. The molecule has 0 saturated carbocycles. The van der Waals surface area contributed by atoms with Gasteiger partial charge < -0.3 is 15.8 Å². The van der Waals surface area contributed by atoms with Crippen molar-refractivity contribution in [1.82, 2.24) is 4.98 Å². The third kappa shape index (κ3) is 2.24. The van der Waals surface area contributed by atoms with Crippen LogP contribution in [0.25, 0.3) is 0 Å². The van der Waals surface area contributed by atoms with Gasteiger partial charge in [-0.3, -0.25) is 0 Å². The Morgan fingerprint density at radius 1 is 1.32 bits per heavy atom. The minimum Gasteiger partial charge on any atom is -0.491 e. The lowest BCUT2D eigenvalue weighted by Gasteiger charge is -2.14. The van der Waals surface area contributed by atoms with E-state index in [1.54, 1.807) is 6.20 Å². The van der Waals surface area contributed by atoms with Crippen molar-refractivity contribution in [3.8, 4) is 5.75 Å². The van der Waals surface area contributed by atoms with E-state index < -0.39 is 0 Å². The van der Waals surface area contributed by atoms with Crippen molar-refractivity contribution in [3.63, 3.8) is 0 Å². The third-order valence-corrected chi connectivity index (χ3v) is 3.30. The summed E-state index contributed by atoms with van der Waals surface area (Å²) in [5.41, 5.74) is 7.58. The highest BCUT2D eigenvalue weighted by atomic mass is 32.1. The molecule has 1 atom stereocenters. The Labute approximate surface area is 116 Å². The van der Waals surface area contributed by atoms with Crippen LogP contribution in [0.4, 0.5) is 5.82 Å². The van der Waals surface area contributed by atoms with E-state index in [0.29, 0.717) is 17.4 Å². The van der Waals surface area contributed by atoms with Crippen molar-refractivity contribution < 1.29 is 4.74 Å². The van der Waals surface area contributed by atoms with E-state index in [1.807, 2.05) is 36.4 Å². The summed E-state index contributed by atoms with van der Waals surface area (Å²) in [6.45, 7) is 0.576. The van der Waals surface area contributed by atoms with E-state index in [0.717, 1.165) is 16.9 Å². The molecule has 0 saturated heterocycles. The molecule has 2 heterocycles. The van der Waals surface area contributed by atoms with Gasteiger partial charge in [-0.1, -0.05) is 30.4 Å². The Balaban J connectivity index is 1.90. The summed E-state index contributed by atoms with van der Waals surface area (Å²) in [6.07, 6.45) is 1.71. The number of fused-ring (bicyclic) bond motifs is 1. The Morgan fingerprint density at radius 3 is 3.00 bits per heavy atom. The van der Waals surface area contributed by atoms with Gasteiger partial charge in [-0.15, -0.1) is 0 Å². The predicted octanol–water partition coefficient (Wildman–Crippen LogP) is 2.26. The van der Waals surface area contributed by atoms with Gasteiger partial charge in [0.05, 0.1) is 11.6 Å². The first-order chi connectivity index (χ1) is 9.25. The number of pyridine rings is 1. The lowest BCUT2D eigenvalue weighted by Crippen LogP contribution is -2.18. The number of hydrogen-bond acceptors (Lipinski definition) is 4. The topological polar surface area (TPSA) is 60.2 Å². The highest BCUT2D eigenvalue weighted by Gasteiger charge is 2.24. The molecule has 1 aromatic carbocycles. The molecule has 1 unspecified atom stereocenters. The summed E-state index contributed by atoms with van der Waals surface area (Å²) < 4.78 is 5.63. The third-order valence-electron chi connectivity index (χ3n) is 3.08. The molecular weight excluding hydrogens is 258 g/mol. The molecule has 4 nitrogen and oxygen atoms in total. The molecule has 2 aromatic rings. The molecular formula is C14H13N3OS. The fraction of sp³-hybridized carbons (Fsp3) is 0.143. The van der Waals surface area contributed by atoms with Crippen LogP contribution in [0, 0.1) is 0 Å². The van der Waals surface area contributed by atoms with E-state index >= 15 is 0 Å². The minimum absolute atomic E-state index is 0.0687. The molecule has 5 heteroatoms. The summed E-state index contributed by atoms with van der Waals surface area (Å²) in [5, 5.41) is 3.34. The average molecular weight is 271 g/mol. The molecule has 0 aliphatic carbocycles. The van der Waals surface area contributed by atoms with E-state index in [4.69, 9.17) is 22.7 Å². The van der Waals surface area contributed by atoms with Crippen LogP contribution in [0.5, 0.6) is 5.75 Å². The molecule has 3 N–H and O–H groups in total. The number of rotatable bonds is 3. The summed E-state index contributed by atoms with van der Waals surface area (Å²) in [7, 11) is 0. The largest absolute Gasteiger partial charge is 0.491 e. The molecule has 0 spiro atoms. The number of hydrogen-bond donors (Lipinski definition) is 2. The fourth-order valence-corrected chi connectivity index (χ4v) is 2.33. The lowest BCUT2D eigenvalue weighted by molar-refractivity contribution is 0.339. The van der Waals surface area contributed by atoms with E-state index in [2.05, 4.69) is 10.3 Å². The number of para-hydroxylation sites is 1. The highest BCUT2D eigenvalue weighted by Crippen LogP contribution is 2.34. The van der Waals surface area contributed by atoms with Crippen LogP contribution in [0.15, 0.2) is 42.6 Å². The number of nitrogens with zero attached hydrogens (tertiary/aromatic N) is 1. The minimum atomic E-state index is 0.0687. The van der Waals surface area contributed by atoms with E-state index in [-0.39, 0.29) is 6.04 Å². The van der Waals surface area contributed by atoms with Gasteiger partial charge >= 0.3 is 0 Å². The molecule has 96 valence electrons. The van der Waals surface area contributed by atoms with Crippen LogP contribution in [-0.2, 0) is 0 Å². The van der Waals surface area contributed by atoms with Crippen molar-refractivity contribution >= 4 is 23.0 Å². The van der Waals surface area contributed by atoms with Crippen molar-refractivity contribution in [3.05, 3.63) is 53.7 Å². The number of aromatic nitrogens is 1. The molecule has 0 amide bonds. The molecule has 1 aliphatic rings. The Bertz CT molecular complexity index is 630. The van der Waals surface area contributed by atoms with Crippen molar-refractivity contribution in [2.45, 2.75) is 6.04 Å². The molecule has 0 bridgehead atoms. The number of nitrogens with two attached hydrogens (primary N) is 1. The van der Waals surface area contributed by atoms with Crippen LogP contribution in [0.1, 0.15) is 17.2 Å². The first kappa shape index (κ1) is 11.9. The maximum absolute atomic E-state index is 5.70. The maximum Gasteiger partial charge on any atom is 0.136 e. The van der Waals surface area contributed by atoms with Gasteiger partial charge in [-0.05, 0) is 18.2 Å². The van der Waals surface area contributed by atoms with Crippen LogP contribution >= 0.6 is 12.2 Å². The zero-order chi connectivity index (χ0) is 13.2. The highest BCUT2D eigenvalue weighted by molar-refractivity contribution is 7.80. The van der Waals surface area contributed by atoms with Gasteiger partial charge in [0.2, 0.25) is 0 Å². The average Bonchev–Trinajstić information content (AvgIpc) is 2.83. The quantitative estimate of drug-likeness (QED) is 0.839. The Hall–Kier alpha value is -2.14. The van der Waals surface area contributed by atoms with Crippen LogP contribution < -0.4 is 15.8 Å². The Kier molecular flexibility index (Phi) is 3.05. The predicted molar refractivity (Wildman–Crippen MR) is 78.4 cm³/mol. The second-order valence-electron chi connectivity index (χ2n) is 4.31. The second kappa shape index (κ2) is 4.85. The van der Waals surface area contributed by atoms with Crippen molar-refractivity contribution in [2.75, 3.05) is 11.9 Å². The number of benzene rings is 1. The zero-order valence-corrected chi connectivity index (χ0v) is 11.0. The van der Waals surface area contributed by atoms with Gasteiger partial charge in [0.1, 0.15) is 23.2 Å². The maximum atomic E-state index is 5.70. The molecule has 19 heavy (non-hydrogen) atoms. The van der Waals surface area contributed by atoms with Crippen LogP contribution in [-0.4, -0.2) is 16.6 Å². The number of anilines is 1. The van der Waals surface area contributed by atoms with Gasteiger partial charge in [-0.25, -0.2) is 4.98 Å². The van der Waals surface area contributed by atoms with Gasteiger partial charge in [0.25, 0.3) is 0 Å². The molecule has 1 aromatic heterocycles. The number of ether oxygens (including phenoxy) is 1. The first-order valence-electron chi connectivity index (χ1n) is 5.99. The number of thiocarbonyl (C=S) groups is 1. The summed E-state index contributed by atoms with van der Waals surface area (Å²) >= 11 is 5.03. The van der Waals surface area contributed by atoms with Gasteiger partial charge in [0, 0.05) is 11.8 Å². The van der Waals surface area contributed by atoms with Crippen LogP contribution in [0.3, 0.4) is 0 Å². The van der Waals surface area contributed by atoms with Crippen LogP contribution in [0.2, 0.25) is 0 Å². The second-order valence-corrected chi connectivity index (χ2v) is 4.75. The normalized spacial score (nSPS) is 16.5. The zero-order valence-electron chi connectivity index (χ0n) is 10.2. The standard InChI is InChI=1S/C14H13N3OS/c15-13(19)10-5-3-7-16-14(10)17-11-8-18-12-6-2-1-4-9(11)12/h1-7,11H,8H2,(H2,15,19)(H,16,17). The fourth-order valence-electron chi connectivity index (χ4n) is 2.17. The first-order valence-corrected chi connectivity index (χ1v) is 6.39. The van der Waals surface area contributed by atoms with E-state index in [9.17, 15) is 0 Å². The SMILES string of the molecule is NC(=S)c1cccnc1NC1COc2ccccc21. The number of nitrogens with one attached hydrogen (secondary N) is 1. The molecule has 0 radical (unpaired) electrons. The molecule has 1 aliphatic heterocycles. The summed E-state index contributed by atoms with van der Waals surface area (Å²) in [4.78, 5) is 4.64. The van der Waals surface area contributed by atoms with Gasteiger partial charge in [0.15, 0.2) is 0 Å². The van der Waals surface area contributed by atoms with Gasteiger partial charge in [-0.2, -0.15) is 0 Å². The summed E-state index contributed by atoms with van der Waals surface area (Å²) in [5.74, 6) is 1.60. The van der Waals surface area contributed by atoms with E-state index in [1.165, 1.54) is 0 Å². The smallest absolute Gasteiger partial charge is 0.136 e. The monoisotopic (exact) mass is 271 g/mol. The molecule has 3 rings (SSSR count). The molecule has 0 fully saturated rings. The van der Waals surface area contributed by atoms with Crippen molar-refractivity contribution in [2.24, 2.45) is 5.73 Å². The summed E-state index contributed by atoms with van der Waals surface area (Å²) in [6, 6.07) is 11.7. The van der Waals surface area contributed by atoms with Crippen molar-refractivity contribution in [1.29, 1.82) is 0 Å².